The minimum atomic E-state index is -1.50. The van der Waals surface area contributed by atoms with Gasteiger partial charge >= 0.3 is 0 Å². The molecule has 0 saturated carbocycles. The Morgan fingerprint density at radius 3 is 2.55 bits per heavy atom. The van der Waals surface area contributed by atoms with Crippen LogP contribution in [0, 0.1) is 11.6 Å². The van der Waals surface area contributed by atoms with Crippen LogP contribution < -0.4 is 0 Å². The minimum absolute atomic E-state index is 0.00774. The molecule has 2 aliphatic rings. The van der Waals surface area contributed by atoms with Crippen molar-refractivity contribution in [1.29, 1.82) is 0 Å². The first-order chi connectivity index (χ1) is 13.9. The third-order valence-electron chi connectivity index (χ3n) is 6.02. The molecule has 3 nitrogen and oxygen atoms in total. The van der Waals surface area contributed by atoms with Gasteiger partial charge in [0.25, 0.3) is 0 Å². The lowest BCUT2D eigenvalue weighted by molar-refractivity contribution is -0.148. The van der Waals surface area contributed by atoms with Gasteiger partial charge in [0, 0.05) is 39.2 Å². The minimum Gasteiger partial charge on any atom is -0.375 e. The number of aromatic nitrogens is 1. The molecule has 2 atom stereocenters. The summed E-state index contributed by atoms with van der Waals surface area (Å²) in [6.45, 7) is 2.06. The van der Waals surface area contributed by atoms with Crippen LogP contribution in [0.4, 0.5) is 13.2 Å². The number of ether oxygens (including phenoxy) is 1. The molecular formula is C22H20BrF3N2O. The lowest BCUT2D eigenvalue weighted by atomic mass is 9.86. The summed E-state index contributed by atoms with van der Waals surface area (Å²) in [7, 11) is 0. The zero-order valence-corrected chi connectivity index (χ0v) is 17.4. The fourth-order valence-electron chi connectivity index (χ4n) is 4.62. The van der Waals surface area contributed by atoms with Gasteiger partial charge in [-0.15, -0.1) is 0 Å². The Kier molecular flexibility index (Phi) is 4.53. The Labute approximate surface area is 175 Å². The summed E-state index contributed by atoms with van der Waals surface area (Å²) < 4.78 is 50.5. The highest BCUT2D eigenvalue weighted by Crippen LogP contribution is 2.44. The summed E-state index contributed by atoms with van der Waals surface area (Å²) in [6, 6.07) is 9.50. The van der Waals surface area contributed by atoms with Crippen molar-refractivity contribution < 1.29 is 17.9 Å². The number of nitrogens with one attached hydrogen (secondary N) is 1. The molecule has 3 heterocycles. The maximum Gasteiger partial charge on any atom is 0.169 e. The molecule has 29 heavy (non-hydrogen) atoms. The molecule has 1 aromatic heterocycles. The van der Waals surface area contributed by atoms with E-state index >= 15 is 13.2 Å². The van der Waals surface area contributed by atoms with Gasteiger partial charge in [-0.1, -0.05) is 34.1 Å². The second-order valence-electron chi connectivity index (χ2n) is 8.12. The van der Waals surface area contributed by atoms with Crippen LogP contribution in [-0.2, 0) is 11.2 Å². The Morgan fingerprint density at radius 1 is 1.21 bits per heavy atom. The third kappa shape index (κ3) is 3.10. The predicted molar refractivity (Wildman–Crippen MR) is 109 cm³/mol. The number of fused-ring (bicyclic) bond motifs is 3. The van der Waals surface area contributed by atoms with Crippen LogP contribution in [0.25, 0.3) is 10.9 Å². The molecule has 1 saturated heterocycles. The van der Waals surface area contributed by atoms with Gasteiger partial charge in [-0.25, -0.2) is 13.2 Å². The van der Waals surface area contributed by atoms with Gasteiger partial charge in [-0.05, 0) is 37.1 Å². The van der Waals surface area contributed by atoms with E-state index in [1.54, 1.807) is 0 Å². The van der Waals surface area contributed by atoms with E-state index in [9.17, 15) is 0 Å². The molecule has 0 amide bonds. The monoisotopic (exact) mass is 464 g/mol. The summed E-state index contributed by atoms with van der Waals surface area (Å²) in [5, 5.41) is 1.04. The Bertz CT molecular complexity index is 1070. The molecule has 3 aromatic rings. The van der Waals surface area contributed by atoms with Crippen molar-refractivity contribution in [2.24, 2.45) is 0 Å². The predicted octanol–water partition coefficient (Wildman–Crippen LogP) is 5.28. The number of H-pyrrole nitrogens is 1. The number of halogens is 4. The van der Waals surface area contributed by atoms with Crippen molar-refractivity contribution in [2.75, 3.05) is 19.8 Å². The fraction of sp³-hybridized carbons (Fsp3) is 0.364. The van der Waals surface area contributed by atoms with Crippen LogP contribution >= 0.6 is 15.9 Å². The highest BCUT2D eigenvalue weighted by Gasteiger charge is 2.46. The molecule has 1 fully saturated rings. The molecule has 2 aromatic carbocycles. The average molecular weight is 465 g/mol. The van der Waals surface area contributed by atoms with Gasteiger partial charge in [-0.2, -0.15) is 0 Å². The van der Waals surface area contributed by atoms with E-state index < -0.39 is 23.3 Å². The van der Waals surface area contributed by atoms with Crippen LogP contribution in [0.3, 0.4) is 0 Å². The summed E-state index contributed by atoms with van der Waals surface area (Å²) in [4.78, 5) is 5.24. The number of hydrogen-bond donors (Lipinski definition) is 1. The molecule has 0 bridgehead atoms. The second-order valence-corrected chi connectivity index (χ2v) is 9.03. The van der Waals surface area contributed by atoms with Gasteiger partial charge in [0.1, 0.15) is 11.6 Å². The highest BCUT2D eigenvalue weighted by atomic mass is 79.9. The molecule has 0 unspecified atom stereocenters. The number of rotatable bonds is 3. The zero-order valence-electron chi connectivity index (χ0n) is 15.8. The quantitative estimate of drug-likeness (QED) is 0.570. The molecular weight excluding hydrogens is 445 g/mol. The van der Waals surface area contributed by atoms with Crippen LogP contribution in [0.1, 0.15) is 29.8 Å². The topological polar surface area (TPSA) is 28.3 Å². The molecule has 152 valence electrons. The van der Waals surface area contributed by atoms with E-state index in [2.05, 4.69) is 20.9 Å². The van der Waals surface area contributed by atoms with Crippen LogP contribution in [0.2, 0.25) is 0 Å². The fourth-order valence-corrected chi connectivity index (χ4v) is 5.02. The third-order valence-corrected chi connectivity index (χ3v) is 6.48. The van der Waals surface area contributed by atoms with Crippen molar-refractivity contribution in [2.45, 2.75) is 31.1 Å². The zero-order chi connectivity index (χ0) is 20.3. The maximum atomic E-state index is 15.0. The van der Waals surface area contributed by atoms with Crippen molar-refractivity contribution in [3.63, 3.8) is 0 Å². The molecule has 0 aliphatic carbocycles. The number of benzene rings is 2. The lowest BCUT2D eigenvalue weighted by Gasteiger charge is -2.46. The summed E-state index contributed by atoms with van der Waals surface area (Å²) in [6.07, 6.45) is 0.673. The van der Waals surface area contributed by atoms with Gasteiger partial charge < -0.3 is 9.72 Å². The van der Waals surface area contributed by atoms with E-state index in [0.717, 1.165) is 22.2 Å². The van der Waals surface area contributed by atoms with Crippen molar-refractivity contribution in [3.8, 4) is 0 Å². The average Bonchev–Trinajstić information content (AvgIpc) is 3.00. The van der Waals surface area contributed by atoms with Crippen molar-refractivity contribution in [3.05, 3.63) is 69.3 Å². The van der Waals surface area contributed by atoms with E-state index in [0.29, 0.717) is 10.9 Å². The van der Waals surface area contributed by atoms with Gasteiger partial charge in [0.15, 0.2) is 5.67 Å². The van der Waals surface area contributed by atoms with Crippen LogP contribution in [-0.4, -0.2) is 41.4 Å². The second kappa shape index (κ2) is 6.86. The highest BCUT2D eigenvalue weighted by molar-refractivity contribution is 9.10. The first-order valence-corrected chi connectivity index (χ1v) is 10.4. The summed E-state index contributed by atoms with van der Waals surface area (Å²) in [5.41, 5.74) is 1.12. The summed E-state index contributed by atoms with van der Waals surface area (Å²) >= 11 is 3.15. The maximum absolute atomic E-state index is 15.0. The van der Waals surface area contributed by atoms with Crippen LogP contribution in [0.5, 0.6) is 0 Å². The smallest absolute Gasteiger partial charge is 0.169 e. The van der Waals surface area contributed by atoms with Crippen molar-refractivity contribution >= 4 is 26.8 Å². The molecule has 5 rings (SSSR count). The number of nitrogens with zero attached hydrogens (tertiary/aromatic N) is 1. The van der Waals surface area contributed by atoms with Gasteiger partial charge in [0.05, 0.1) is 19.3 Å². The number of alkyl halides is 1. The number of hydrogen-bond acceptors (Lipinski definition) is 2. The number of para-hydroxylation sites is 1. The first kappa shape index (κ1) is 19.2. The van der Waals surface area contributed by atoms with E-state index in [1.807, 2.05) is 36.1 Å². The molecule has 7 heteroatoms. The van der Waals surface area contributed by atoms with E-state index in [-0.39, 0.29) is 31.4 Å². The molecule has 0 spiro atoms. The Balaban J connectivity index is 1.72. The SMILES string of the molecule is C[C@@H]1Cc2c([nH]c3ccccc23)[C@@H](c2c(F)cc(Br)cc2F)N1CC1(F)COC1. The van der Waals surface area contributed by atoms with E-state index in [4.69, 9.17) is 4.74 Å². The van der Waals surface area contributed by atoms with E-state index in [1.165, 1.54) is 12.1 Å². The Morgan fingerprint density at radius 2 is 1.90 bits per heavy atom. The molecule has 1 N–H and O–H groups in total. The summed E-state index contributed by atoms with van der Waals surface area (Å²) in [5.74, 6) is -1.30. The van der Waals surface area contributed by atoms with Crippen molar-refractivity contribution in [1.82, 2.24) is 9.88 Å². The van der Waals surface area contributed by atoms with Gasteiger partial charge in [0.2, 0.25) is 0 Å². The normalized spacial score (nSPS) is 23.8. The lowest BCUT2D eigenvalue weighted by Crippen LogP contribution is -2.57. The molecule has 0 radical (unpaired) electrons. The Hall–Kier alpha value is -1.83. The standard InChI is InChI=1S/C22H20BrF3N2O/c1-12-6-15-14-4-2-3-5-18(14)27-20(15)21(28(12)9-22(26)10-29-11-22)19-16(24)7-13(23)8-17(19)25/h2-5,7-8,12,21,27H,6,9-11H2,1H3/t12-,21-/m1/s1. The van der Waals surface area contributed by atoms with Gasteiger partial charge in [-0.3, -0.25) is 4.90 Å². The van der Waals surface area contributed by atoms with Crippen LogP contribution in [0.15, 0.2) is 40.9 Å². The largest absolute Gasteiger partial charge is 0.375 e. The number of aromatic amines is 1. The molecule has 2 aliphatic heterocycles. The first-order valence-electron chi connectivity index (χ1n) is 9.63.